The molecule has 0 aromatic heterocycles. The lowest BCUT2D eigenvalue weighted by molar-refractivity contribution is 0.140. The van der Waals surface area contributed by atoms with Crippen molar-refractivity contribution in [2.45, 2.75) is 30.5 Å². The number of hydrogen-bond donors (Lipinski definition) is 0. The molecule has 1 saturated carbocycles. The Hall–Kier alpha value is -0.600. The molecule has 1 nitrogen and oxygen atoms in total. The van der Waals surface area contributed by atoms with Crippen LogP contribution in [0.3, 0.4) is 0 Å². The first kappa shape index (κ1) is 9.61. The third-order valence-corrected chi connectivity index (χ3v) is 3.65. The van der Waals surface area contributed by atoms with E-state index in [1.165, 1.54) is 0 Å². The smallest absolute Gasteiger partial charge is 0.142 e. The van der Waals surface area contributed by atoms with Crippen LogP contribution in [-0.2, 0) is 11.2 Å². The maximum atomic E-state index is 14.0. The standard InChI is InChI=1S/C12H12ClFO/c13-10-3-1-9(2-4-10)7-12(8-15-12)11(14)5-6-11/h1-4H,5-8H2. The molecule has 0 bridgehead atoms. The maximum absolute atomic E-state index is 14.0. The summed E-state index contributed by atoms with van der Waals surface area (Å²) in [6.45, 7) is 0.562. The van der Waals surface area contributed by atoms with Crippen LogP contribution in [0.25, 0.3) is 0 Å². The highest BCUT2D eigenvalue weighted by molar-refractivity contribution is 6.30. The van der Waals surface area contributed by atoms with E-state index in [0.29, 0.717) is 30.9 Å². The van der Waals surface area contributed by atoms with Crippen molar-refractivity contribution in [2.24, 2.45) is 0 Å². The first-order chi connectivity index (χ1) is 7.14. The normalized spacial score (nSPS) is 31.3. The summed E-state index contributed by atoms with van der Waals surface area (Å²) in [5.74, 6) is 0. The molecule has 1 unspecified atom stereocenters. The van der Waals surface area contributed by atoms with Gasteiger partial charge in [0.25, 0.3) is 0 Å². The molecule has 1 aromatic rings. The van der Waals surface area contributed by atoms with Crippen LogP contribution in [0, 0.1) is 0 Å². The van der Waals surface area contributed by atoms with E-state index in [-0.39, 0.29) is 0 Å². The fourth-order valence-electron chi connectivity index (χ4n) is 2.10. The van der Waals surface area contributed by atoms with E-state index in [4.69, 9.17) is 16.3 Å². The van der Waals surface area contributed by atoms with Gasteiger partial charge in [-0.3, -0.25) is 0 Å². The van der Waals surface area contributed by atoms with E-state index in [1.54, 1.807) is 0 Å². The minimum Gasteiger partial charge on any atom is -0.366 e. The average molecular weight is 227 g/mol. The molecule has 1 aliphatic heterocycles. The fraction of sp³-hybridized carbons (Fsp3) is 0.500. The zero-order valence-electron chi connectivity index (χ0n) is 8.30. The van der Waals surface area contributed by atoms with Crippen molar-refractivity contribution in [3.63, 3.8) is 0 Å². The maximum Gasteiger partial charge on any atom is 0.142 e. The van der Waals surface area contributed by atoms with Crippen molar-refractivity contribution >= 4 is 11.6 Å². The monoisotopic (exact) mass is 226 g/mol. The van der Waals surface area contributed by atoms with E-state index in [1.807, 2.05) is 24.3 Å². The Kier molecular flexibility index (Phi) is 1.89. The fourth-order valence-corrected chi connectivity index (χ4v) is 2.23. The van der Waals surface area contributed by atoms with Crippen molar-refractivity contribution in [3.8, 4) is 0 Å². The third kappa shape index (κ3) is 1.56. The molecule has 1 atom stereocenters. The van der Waals surface area contributed by atoms with Gasteiger partial charge in [0.1, 0.15) is 11.3 Å². The molecule has 3 rings (SSSR count). The van der Waals surface area contributed by atoms with Gasteiger partial charge in [-0.2, -0.15) is 0 Å². The van der Waals surface area contributed by atoms with Gasteiger partial charge < -0.3 is 4.74 Å². The zero-order chi connectivity index (χ0) is 10.5. The van der Waals surface area contributed by atoms with Gasteiger partial charge >= 0.3 is 0 Å². The van der Waals surface area contributed by atoms with Gasteiger partial charge in [-0.1, -0.05) is 23.7 Å². The first-order valence-corrected chi connectivity index (χ1v) is 5.59. The lowest BCUT2D eigenvalue weighted by Crippen LogP contribution is -2.30. The van der Waals surface area contributed by atoms with Crippen molar-refractivity contribution in [2.75, 3.05) is 6.61 Å². The summed E-state index contributed by atoms with van der Waals surface area (Å²) < 4.78 is 19.3. The second-order valence-corrected chi connectivity index (χ2v) is 4.99. The van der Waals surface area contributed by atoms with Gasteiger partial charge in [-0.25, -0.2) is 4.39 Å². The number of ether oxygens (including phenoxy) is 1. The third-order valence-electron chi connectivity index (χ3n) is 3.40. The van der Waals surface area contributed by atoms with Crippen molar-refractivity contribution < 1.29 is 9.13 Å². The van der Waals surface area contributed by atoms with E-state index in [2.05, 4.69) is 0 Å². The van der Waals surface area contributed by atoms with Gasteiger partial charge in [-0.05, 0) is 30.5 Å². The van der Waals surface area contributed by atoms with Crippen LogP contribution >= 0.6 is 11.6 Å². The number of halogens is 2. The Morgan fingerprint density at radius 3 is 2.33 bits per heavy atom. The molecular weight excluding hydrogens is 215 g/mol. The minimum absolute atomic E-state index is 0.513. The molecule has 0 spiro atoms. The Labute approximate surface area is 93.2 Å². The van der Waals surface area contributed by atoms with E-state index in [9.17, 15) is 4.39 Å². The Balaban J connectivity index is 1.78. The van der Waals surface area contributed by atoms with Crippen LogP contribution in [0.5, 0.6) is 0 Å². The molecule has 0 N–H and O–H groups in total. The molecule has 1 aromatic carbocycles. The summed E-state index contributed by atoms with van der Waals surface area (Å²) in [4.78, 5) is 0. The highest BCUT2D eigenvalue weighted by Crippen LogP contribution is 2.57. The number of alkyl halides is 1. The lowest BCUT2D eigenvalue weighted by atomic mass is 9.94. The molecule has 1 heterocycles. The minimum atomic E-state index is -1.05. The van der Waals surface area contributed by atoms with Gasteiger partial charge in [0.05, 0.1) is 6.61 Å². The number of epoxide rings is 1. The molecule has 2 aliphatic rings. The Morgan fingerprint density at radius 1 is 1.27 bits per heavy atom. The SMILES string of the molecule is FC1(C2(Cc3ccc(Cl)cc3)CO2)CC1. The van der Waals surface area contributed by atoms with Crippen LogP contribution in [0.4, 0.5) is 4.39 Å². The lowest BCUT2D eigenvalue weighted by Gasteiger charge is -2.15. The van der Waals surface area contributed by atoms with E-state index >= 15 is 0 Å². The molecule has 80 valence electrons. The summed E-state index contributed by atoms with van der Waals surface area (Å²) in [6.07, 6.45) is 1.97. The summed E-state index contributed by atoms with van der Waals surface area (Å²) in [6, 6.07) is 7.56. The number of hydrogen-bond acceptors (Lipinski definition) is 1. The van der Waals surface area contributed by atoms with Crippen LogP contribution in [-0.4, -0.2) is 17.9 Å². The predicted octanol–water partition coefficient (Wildman–Crippen LogP) is 3.15. The predicted molar refractivity (Wildman–Crippen MR) is 56.9 cm³/mol. The molecule has 2 fully saturated rings. The molecule has 15 heavy (non-hydrogen) atoms. The van der Waals surface area contributed by atoms with Crippen LogP contribution in [0.15, 0.2) is 24.3 Å². The quantitative estimate of drug-likeness (QED) is 0.722. The molecule has 0 radical (unpaired) electrons. The summed E-state index contributed by atoms with van der Waals surface area (Å²) >= 11 is 5.80. The molecule has 3 heteroatoms. The zero-order valence-corrected chi connectivity index (χ0v) is 9.06. The topological polar surface area (TPSA) is 12.5 Å². The Morgan fingerprint density at radius 2 is 1.87 bits per heavy atom. The van der Waals surface area contributed by atoms with Gasteiger partial charge in [0.2, 0.25) is 0 Å². The van der Waals surface area contributed by atoms with Crippen LogP contribution in [0.1, 0.15) is 18.4 Å². The highest BCUT2D eigenvalue weighted by atomic mass is 35.5. The molecular formula is C12H12ClFO. The summed E-state index contributed by atoms with van der Waals surface area (Å²) in [5, 5.41) is 0.714. The second kappa shape index (κ2) is 2.96. The van der Waals surface area contributed by atoms with Crippen molar-refractivity contribution in [3.05, 3.63) is 34.9 Å². The van der Waals surface area contributed by atoms with Crippen LogP contribution in [0.2, 0.25) is 5.02 Å². The summed E-state index contributed by atoms with van der Waals surface area (Å²) in [7, 11) is 0. The largest absolute Gasteiger partial charge is 0.366 e. The molecule has 1 saturated heterocycles. The van der Waals surface area contributed by atoms with E-state index in [0.717, 1.165) is 5.56 Å². The van der Waals surface area contributed by atoms with Gasteiger partial charge in [-0.15, -0.1) is 0 Å². The second-order valence-electron chi connectivity index (χ2n) is 4.55. The van der Waals surface area contributed by atoms with Gasteiger partial charge in [0.15, 0.2) is 0 Å². The molecule has 1 aliphatic carbocycles. The first-order valence-electron chi connectivity index (χ1n) is 5.21. The molecule has 0 amide bonds. The van der Waals surface area contributed by atoms with Crippen molar-refractivity contribution in [1.29, 1.82) is 0 Å². The average Bonchev–Trinajstić information content (AvgIpc) is 3.09. The van der Waals surface area contributed by atoms with Crippen LogP contribution < -0.4 is 0 Å². The van der Waals surface area contributed by atoms with Crippen molar-refractivity contribution in [1.82, 2.24) is 0 Å². The Bertz CT molecular complexity index is 379. The van der Waals surface area contributed by atoms with Gasteiger partial charge in [0, 0.05) is 11.4 Å². The van der Waals surface area contributed by atoms with E-state index < -0.39 is 11.3 Å². The highest BCUT2D eigenvalue weighted by Gasteiger charge is 2.68. The summed E-state index contributed by atoms with van der Waals surface area (Å²) in [5.41, 5.74) is -0.464. The number of benzene rings is 1. The number of rotatable bonds is 3.